The maximum absolute atomic E-state index is 11.6. The molecule has 2 aromatic heterocycles. The quantitative estimate of drug-likeness (QED) is 0.616. The summed E-state index contributed by atoms with van der Waals surface area (Å²) in [6.45, 7) is 3.75. The lowest BCUT2D eigenvalue weighted by molar-refractivity contribution is 0.0519. The van der Waals surface area contributed by atoms with Crippen molar-refractivity contribution in [2.45, 2.75) is 18.7 Å². The van der Waals surface area contributed by atoms with E-state index in [0.717, 1.165) is 0 Å². The number of hydrogen-bond donors (Lipinski definition) is 0. The number of aromatic nitrogens is 3. The monoisotopic (exact) mass is 294 g/mol. The van der Waals surface area contributed by atoms with Gasteiger partial charge in [0, 0.05) is 16.8 Å². The summed E-state index contributed by atoms with van der Waals surface area (Å²) in [6.07, 6.45) is 1.23. The summed E-state index contributed by atoms with van der Waals surface area (Å²) >= 11 is -2.32. The molecule has 20 heavy (non-hydrogen) atoms. The largest absolute Gasteiger partial charge is 0.768 e. The van der Waals surface area contributed by atoms with Crippen molar-refractivity contribution in [3.63, 3.8) is 0 Å². The molecule has 0 saturated carbocycles. The highest BCUT2D eigenvalue weighted by molar-refractivity contribution is 7.79. The maximum Gasteiger partial charge on any atom is 0.358 e. The zero-order chi connectivity index (χ0) is 14.7. The lowest BCUT2D eigenvalue weighted by atomic mass is 10.4. The molecule has 0 N–H and O–H groups in total. The summed E-state index contributed by atoms with van der Waals surface area (Å²) in [5, 5.41) is 4.10. The molecular weight excluding hydrogens is 282 g/mol. The smallest absolute Gasteiger partial charge is 0.358 e. The van der Waals surface area contributed by atoms with Crippen LogP contribution in [0.5, 0.6) is 0 Å². The van der Waals surface area contributed by atoms with Crippen LogP contribution in [0.4, 0.5) is 0 Å². The molecule has 0 fully saturated rings. The van der Waals surface area contributed by atoms with E-state index >= 15 is 0 Å². The van der Waals surface area contributed by atoms with Crippen molar-refractivity contribution in [1.82, 2.24) is 14.8 Å². The normalized spacial score (nSPS) is 12.2. The first kappa shape index (κ1) is 14.4. The van der Waals surface area contributed by atoms with E-state index in [9.17, 15) is 13.6 Å². The van der Waals surface area contributed by atoms with Gasteiger partial charge in [-0.15, -0.1) is 0 Å². The van der Waals surface area contributed by atoms with Crippen LogP contribution in [0.25, 0.3) is 5.82 Å². The number of aryl methyl sites for hydroxylation is 1. The number of carbonyl (C=O) groups is 1. The number of nitrogens with zero attached hydrogens (tertiary/aromatic N) is 3. The number of rotatable bonds is 4. The van der Waals surface area contributed by atoms with Crippen molar-refractivity contribution >= 4 is 17.0 Å². The van der Waals surface area contributed by atoms with E-state index in [4.69, 9.17) is 4.74 Å². The third-order valence-electron chi connectivity index (χ3n) is 2.50. The molecule has 2 aromatic rings. The second kappa shape index (κ2) is 5.93. The molecule has 106 valence electrons. The first-order chi connectivity index (χ1) is 9.52. The molecule has 8 heteroatoms. The number of esters is 1. The summed E-state index contributed by atoms with van der Waals surface area (Å²) in [4.78, 5) is 15.7. The summed E-state index contributed by atoms with van der Waals surface area (Å²) in [7, 11) is 0. The Bertz CT molecular complexity index is 651. The minimum Gasteiger partial charge on any atom is -0.768 e. The molecule has 0 aliphatic heterocycles. The average Bonchev–Trinajstić information content (AvgIpc) is 2.81. The SMILES string of the molecule is CCOC(=O)c1cc(C)n(-c2ccc(S(=O)[O-])cn2)n1. The van der Waals surface area contributed by atoms with Gasteiger partial charge < -0.3 is 9.29 Å². The lowest BCUT2D eigenvalue weighted by Crippen LogP contribution is -2.07. The third-order valence-corrected chi connectivity index (χ3v) is 3.13. The lowest BCUT2D eigenvalue weighted by Gasteiger charge is -2.06. The van der Waals surface area contributed by atoms with Gasteiger partial charge >= 0.3 is 5.97 Å². The van der Waals surface area contributed by atoms with E-state index in [1.54, 1.807) is 19.9 Å². The van der Waals surface area contributed by atoms with E-state index < -0.39 is 17.0 Å². The highest BCUT2D eigenvalue weighted by Gasteiger charge is 2.14. The van der Waals surface area contributed by atoms with Crippen molar-refractivity contribution in [2.75, 3.05) is 6.61 Å². The number of pyridine rings is 1. The Hall–Kier alpha value is -2.06. The highest BCUT2D eigenvalue weighted by Crippen LogP contribution is 2.12. The predicted molar refractivity (Wildman–Crippen MR) is 69.2 cm³/mol. The molecule has 0 saturated heterocycles. The predicted octanol–water partition coefficient (Wildman–Crippen LogP) is 0.990. The van der Waals surface area contributed by atoms with Gasteiger partial charge in [-0.2, -0.15) is 5.10 Å². The molecule has 0 aliphatic rings. The van der Waals surface area contributed by atoms with Crippen molar-refractivity contribution in [3.05, 3.63) is 35.8 Å². The molecule has 2 rings (SSSR count). The fraction of sp³-hybridized carbons (Fsp3) is 0.250. The molecule has 0 spiro atoms. The molecular formula is C12H12N3O4S-. The Morgan fingerprint density at radius 2 is 2.25 bits per heavy atom. The fourth-order valence-corrected chi connectivity index (χ4v) is 1.93. The molecule has 0 aliphatic carbocycles. The van der Waals surface area contributed by atoms with Crippen LogP contribution < -0.4 is 0 Å². The highest BCUT2D eigenvalue weighted by atomic mass is 32.2. The Kier molecular flexibility index (Phi) is 4.26. The van der Waals surface area contributed by atoms with Gasteiger partial charge in [0.2, 0.25) is 0 Å². The van der Waals surface area contributed by atoms with Crippen LogP contribution in [0.15, 0.2) is 29.3 Å². The van der Waals surface area contributed by atoms with Crippen molar-refractivity contribution in [3.8, 4) is 5.82 Å². The zero-order valence-corrected chi connectivity index (χ0v) is 11.7. The van der Waals surface area contributed by atoms with Crippen LogP contribution in [0.2, 0.25) is 0 Å². The van der Waals surface area contributed by atoms with E-state index in [0.29, 0.717) is 11.5 Å². The van der Waals surface area contributed by atoms with Gasteiger partial charge in [0.15, 0.2) is 11.5 Å². The molecule has 2 heterocycles. The second-order valence-corrected chi connectivity index (χ2v) is 4.83. The van der Waals surface area contributed by atoms with E-state index in [2.05, 4.69) is 10.1 Å². The molecule has 0 bridgehead atoms. The Morgan fingerprint density at radius 1 is 1.50 bits per heavy atom. The molecule has 1 unspecified atom stereocenters. The van der Waals surface area contributed by atoms with Crippen LogP contribution in [0.1, 0.15) is 23.1 Å². The first-order valence-electron chi connectivity index (χ1n) is 5.82. The van der Waals surface area contributed by atoms with Gasteiger partial charge in [-0.1, -0.05) is 0 Å². The molecule has 0 aromatic carbocycles. The van der Waals surface area contributed by atoms with E-state index in [-0.39, 0.29) is 17.2 Å². The van der Waals surface area contributed by atoms with Crippen molar-refractivity contribution in [1.29, 1.82) is 0 Å². The zero-order valence-electron chi connectivity index (χ0n) is 10.9. The van der Waals surface area contributed by atoms with E-state index in [1.165, 1.54) is 23.0 Å². The molecule has 0 amide bonds. The first-order valence-corrected chi connectivity index (χ1v) is 6.90. The molecule has 7 nitrogen and oxygen atoms in total. The van der Waals surface area contributed by atoms with Gasteiger partial charge in [-0.25, -0.2) is 14.5 Å². The molecule has 1 atom stereocenters. The maximum atomic E-state index is 11.6. The summed E-state index contributed by atoms with van der Waals surface area (Å²) in [6, 6.07) is 4.51. The Labute approximate surface area is 117 Å². The van der Waals surface area contributed by atoms with Gasteiger partial charge in [0.25, 0.3) is 0 Å². The van der Waals surface area contributed by atoms with Crippen LogP contribution in [-0.2, 0) is 15.8 Å². The van der Waals surface area contributed by atoms with Crippen molar-refractivity contribution in [2.24, 2.45) is 0 Å². The van der Waals surface area contributed by atoms with Crippen LogP contribution in [-0.4, -0.2) is 36.1 Å². The Morgan fingerprint density at radius 3 is 2.80 bits per heavy atom. The van der Waals surface area contributed by atoms with Crippen LogP contribution in [0, 0.1) is 6.92 Å². The van der Waals surface area contributed by atoms with Gasteiger partial charge in [0.05, 0.1) is 6.61 Å². The summed E-state index contributed by atoms with van der Waals surface area (Å²) in [5.41, 5.74) is 0.874. The second-order valence-electron chi connectivity index (χ2n) is 3.89. The minimum absolute atomic E-state index is 0.0872. The topological polar surface area (TPSA) is 97.1 Å². The third kappa shape index (κ3) is 2.91. The van der Waals surface area contributed by atoms with E-state index in [1.807, 2.05) is 0 Å². The number of carbonyl (C=O) groups excluding carboxylic acids is 1. The number of ether oxygens (including phenoxy) is 1. The van der Waals surface area contributed by atoms with Gasteiger partial charge in [0.1, 0.15) is 0 Å². The summed E-state index contributed by atoms with van der Waals surface area (Å²) < 4.78 is 27.8. The van der Waals surface area contributed by atoms with Crippen molar-refractivity contribution < 1.29 is 18.3 Å². The van der Waals surface area contributed by atoms with Gasteiger partial charge in [-0.05, 0) is 43.1 Å². The Balaban J connectivity index is 2.33. The standard InChI is InChI=1S/C12H13N3O4S/c1-3-19-12(16)10-6-8(2)15(14-10)11-5-4-9(7-13-11)20(17)18/h4-7H,3H2,1-2H3,(H,17,18)/p-1. The average molecular weight is 294 g/mol. The summed E-state index contributed by atoms with van der Waals surface area (Å²) in [5.74, 6) is -0.0844. The number of hydrogen-bond acceptors (Lipinski definition) is 6. The minimum atomic E-state index is -2.32. The van der Waals surface area contributed by atoms with Gasteiger partial charge in [-0.3, -0.25) is 4.21 Å². The van der Waals surface area contributed by atoms with Crippen LogP contribution >= 0.6 is 0 Å². The molecule has 0 radical (unpaired) electrons. The fourth-order valence-electron chi connectivity index (χ4n) is 1.61. The van der Waals surface area contributed by atoms with Crippen LogP contribution in [0.3, 0.4) is 0 Å².